The van der Waals surface area contributed by atoms with Gasteiger partial charge in [-0.3, -0.25) is 10.1 Å². The van der Waals surface area contributed by atoms with Gasteiger partial charge in [0.15, 0.2) is 0 Å². The summed E-state index contributed by atoms with van der Waals surface area (Å²) in [6.45, 7) is 2.15. The first-order valence-corrected chi connectivity index (χ1v) is 6.25. The molecule has 4 nitrogen and oxygen atoms in total. The molecule has 1 saturated carbocycles. The van der Waals surface area contributed by atoms with Crippen LogP contribution in [0.4, 0.5) is 15.8 Å². The van der Waals surface area contributed by atoms with Gasteiger partial charge in [0, 0.05) is 6.04 Å². The molecule has 1 N–H and O–H groups in total. The summed E-state index contributed by atoms with van der Waals surface area (Å²) in [4.78, 5) is 10.3. The first-order chi connectivity index (χ1) is 8.47. The second kappa shape index (κ2) is 5.10. The van der Waals surface area contributed by atoms with Gasteiger partial charge in [0.25, 0.3) is 5.69 Å². The molecule has 0 radical (unpaired) electrons. The van der Waals surface area contributed by atoms with Gasteiger partial charge in [0.2, 0.25) is 0 Å². The summed E-state index contributed by atoms with van der Waals surface area (Å²) in [6.07, 6.45) is 3.03. The minimum absolute atomic E-state index is 0.103. The smallest absolute Gasteiger partial charge is 0.295 e. The van der Waals surface area contributed by atoms with Crippen LogP contribution in [-0.2, 0) is 0 Å². The molecule has 0 amide bonds. The van der Waals surface area contributed by atoms with Crippen LogP contribution >= 0.6 is 11.6 Å². The van der Waals surface area contributed by atoms with Crippen molar-refractivity contribution < 1.29 is 9.31 Å². The van der Waals surface area contributed by atoms with E-state index in [1.54, 1.807) is 0 Å². The van der Waals surface area contributed by atoms with Crippen LogP contribution in [0.3, 0.4) is 0 Å². The molecule has 1 aromatic rings. The van der Waals surface area contributed by atoms with E-state index < -0.39 is 10.7 Å². The van der Waals surface area contributed by atoms with Gasteiger partial charge in [0.05, 0.1) is 16.0 Å². The fourth-order valence-electron chi connectivity index (χ4n) is 2.36. The van der Waals surface area contributed by atoms with Crippen LogP contribution in [0.5, 0.6) is 0 Å². The van der Waals surface area contributed by atoms with E-state index in [1.807, 2.05) is 0 Å². The standard InChI is InChI=1S/C12H14ClFN2O2/c1-7-2-3-8(4-7)15-11-5-9(13)10(14)6-12(11)16(17)18/h5-8,15H,2-4H2,1H3. The van der Waals surface area contributed by atoms with Crippen LogP contribution in [0.2, 0.25) is 5.02 Å². The van der Waals surface area contributed by atoms with E-state index in [0.717, 1.165) is 25.3 Å². The first kappa shape index (κ1) is 13.1. The molecule has 2 rings (SSSR count). The third-order valence-electron chi connectivity index (χ3n) is 3.29. The number of anilines is 1. The van der Waals surface area contributed by atoms with Gasteiger partial charge in [-0.1, -0.05) is 18.5 Å². The maximum atomic E-state index is 13.2. The Morgan fingerprint density at radius 3 is 2.78 bits per heavy atom. The molecule has 2 atom stereocenters. The Hall–Kier alpha value is -1.36. The second-order valence-electron chi connectivity index (χ2n) is 4.80. The lowest BCUT2D eigenvalue weighted by Crippen LogP contribution is -2.16. The molecule has 0 aromatic heterocycles. The third kappa shape index (κ3) is 2.72. The van der Waals surface area contributed by atoms with Crippen molar-refractivity contribution in [1.29, 1.82) is 0 Å². The molecule has 0 heterocycles. The maximum absolute atomic E-state index is 13.2. The molecule has 6 heteroatoms. The highest BCUT2D eigenvalue weighted by Gasteiger charge is 2.25. The van der Waals surface area contributed by atoms with E-state index in [-0.39, 0.29) is 16.8 Å². The number of nitro groups is 1. The van der Waals surface area contributed by atoms with Crippen LogP contribution in [0, 0.1) is 21.8 Å². The van der Waals surface area contributed by atoms with Crippen molar-refractivity contribution in [2.75, 3.05) is 5.32 Å². The van der Waals surface area contributed by atoms with Crippen molar-refractivity contribution in [1.82, 2.24) is 0 Å². The Bertz CT molecular complexity index is 481. The largest absolute Gasteiger partial charge is 0.377 e. The molecule has 1 aromatic carbocycles. The number of halogens is 2. The summed E-state index contributed by atoms with van der Waals surface area (Å²) in [5.74, 6) is -0.161. The zero-order chi connectivity index (χ0) is 13.3. The molecule has 1 fully saturated rings. The van der Waals surface area contributed by atoms with E-state index in [0.29, 0.717) is 11.6 Å². The summed E-state index contributed by atoms with van der Waals surface area (Å²) in [5.41, 5.74) is 0.0296. The molecule has 2 unspecified atom stereocenters. The second-order valence-corrected chi connectivity index (χ2v) is 5.21. The molecule has 0 bridgehead atoms. The number of rotatable bonds is 3. The number of hydrogen-bond donors (Lipinski definition) is 1. The highest BCUT2D eigenvalue weighted by molar-refractivity contribution is 6.31. The highest BCUT2D eigenvalue weighted by Crippen LogP contribution is 2.34. The summed E-state index contributed by atoms with van der Waals surface area (Å²) < 4.78 is 13.2. The number of nitro benzene ring substituents is 1. The van der Waals surface area contributed by atoms with Crippen LogP contribution in [0.25, 0.3) is 0 Å². The maximum Gasteiger partial charge on any atom is 0.295 e. The molecule has 1 aliphatic rings. The number of hydrogen-bond acceptors (Lipinski definition) is 3. The van der Waals surface area contributed by atoms with E-state index in [4.69, 9.17) is 11.6 Å². The minimum Gasteiger partial charge on any atom is -0.377 e. The van der Waals surface area contributed by atoms with Gasteiger partial charge in [0.1, 0.15) is 11.5 Å². The Labute approximate surface area is 109 Å². The van der Waals surface area contributed by atoms with Crippen molar-refractivity contribution in [2.45, 2.75) is 32.2 Å². The normalized spacial score (nSPS) is 23.1. The molecule has 18 heavy (non-hydrogen) atoms. The van der Waals surface area contributed by atoms with Gasteiger partial charge < -0.3 is 5.32 Å². The molecule has 0 aliphatic heterocycles. The summed E-state index contributed by atoms with van der Waals surface area (Å²) in [7, 11) is 0. The third-order valence-corrected chi connectivity index (χ3v) is 3.58. The van der Waals surface area contributed by atoms with Gasteiger partial charge in [-0.2, -0.15) is 0 Å². The summed E-state index contributed by atoms with van der Waals surface area (Å²) >= 11 is 5.67. The molecular formula is C12H14ClFN2O2. The van der Waals surface area contributed by atoms with Crippen molar-refractivity contribution in [2.24, 2.45) is 5.92 Å². The average Bonchev–Trinajstić information content (AvgIpc) is 2.68. The Kier molecular flexibility index (Phi) is 3.71. The predicted molar refractivity (Wildman–Crippen MR) is 68.5 cm³/mol. The van der Waals surface area contributed by atoms with Crippen molar-refractivity contribution >= 4 is 23.0 Å². The minimum atomic E-state index is -0.770. The summed E-state index contributed by atoms with van der Waals surface area (Å²) in [6, 6.07) is 2.35. The number of nitrogens with zero attached hydrogens (tertiary/aromatic N) is 1. The summed E-state index contributed by atoms with van der Waals surface area (Å²) in [5, 5.41) is 13.9. The Morgan fingerprint density at radius 1 is 1.50 bits per heavy atom. The fraction of sp³-hybridized carbons (Fsp3) is 0.500. The van der Waals surface area contributed by atoms with E-state index in [1.165, 1.54) is 6.07 Å². The highest BCUT2D eigenvalue weighted by atomic mass is 35.5. The lowest BCUT2D eigenvalue weighted by Gasteiger charge is -2.14. The van der Waals surface area contributed by atoms with Crippen molar-refractivity contribution in [3.05, 3.63) is 33.1 Å². The molecule has 1 aliphatic carbocycles. The zero-order valence-corrected chi connectivity index (χ0v) is 10.7. The quantitative estimate of drug-likeness (QED) is 0.669. The number of benzene rings is 1. The van der Waals surface area contributed by atoms with Crippen LogP contribution < -0.4 is 5.32 Å². The first-order valence-electron chi connectivity index (χ1n) is 5.87. The average molecular weight is 273 g/mol. The SMILES string of the molecule is CC1CCC(Nc2cc(Cl)c(F)cc2[N+](=O)[O-])C1. The predicted octanol–water partition coefficient (Wildman–Crippen LogP) is 3.99. The van der Waals surface area contributed by atoms with Crippen LogP contribution in [-0.4, -0.2) is 11.0 Å². The number of nitrogens with one attached hydrogen (secondary N) is 1. The lowest BCUT2D eigenvalue weighted by atomic mass is 10.1. The molecule has 0 saturated heterocycles. The van der Waals surface area contributed by atoms with E-state index >= 15 is 0 Å². The van der Waals surface area contributed by atoms with E-state index in [9.17, 15) is 14.5 Å². The fourth-order valence-corrected chi connectivity index (χ4v) is 2.52. The van der Waals surface area contributed by atoms with Crippen molar-refractivity contribution in [3.8, 4) is 0 Å². The van der Waals surface area contributed by atoms with Crippen LogP contribution in [0.1, 0.15) is 26.2 Å². The van der Waals surface area contributed by atoms with Crippen molar-refractivity contribution in [3.63, 3.8) is 0 Å². The van der Waals surface area contributed by atoms with Gasteiger partial charge in [-0.25, -0.2) is 4.39 Å². The van der Waals surface area contributed by atoms with E-state index in [2.05, 4.69) is 12.2 Å². The monoisotopic (exact) mass is 272 g/mol. The van der Waals surface area contributed by atoms with Gasteiger partial charge >= 0.3 is 0 Å². The zero-order valence-electron chi connectivity index (χ0n) is 9.95. The van der Waals surface area contributed by atoms with Gasteiger partial charge in [-0.15, -0.1) is 0 Å². The van der Waals surface area contributed by atoms with Crippen LogP contribution in [0.15, 0.2) is 12.1 Å². The Balaban J connectivity index is 2.25. The molecule has 0 spiro atoms. The molecular weight excluding hydrogens is 259 g/mol. The van der Waals surface area contributed by atoms with Gasteiger partial charge in [-0.05, 0) is 31.2 Å². The topological polar surface area (TPSA) is 55.2 Å². The lowest BCUT2D eigenvalue weighted by molar-refractivity contribution is -0.384. The Morgan fingerprint density at radius 2 is 2.22 bits per heavy atom. The molecule has 98 valence electrons.